The monoisotopic (exact) mass is 582 g/mol. The topological polar surface area (TPSA) is 118 Å². The molecular weight excluding hydrogens is 561 g/mol. The van der Waals surface area contributed by atoms with Crippen LogP contribution in [0.5, 0.6) is 0 Å². The molecule has 0 saturated heterocycles. The van der Waals surface area contributed by atoms with Crippen LogP contribution in [0.2, 0.25) is 5.02 Å². The molecule has 4 N–H and O–H groups in total. The van der Waals surface area contributed by atoms with E-state index in [1.165, 1.54) is 23.6 Å². The number of nitrogens with two attached hydrogens (primary N) is 1. The molecule has 7 nitrogen and oxygen atoms in total. The normalized spacial score (nSPS) is 16.1. The molecule has 1 aliphatic carbocycles. The van der Waals surface area contributed by atoms with Gasteiger partial charge in [0.2, 0.25) is 10.0 Å². The summed E-state index contributed by atoms with van der Waals surface area (Å²) in [6.07, 6.45) is -2.48. The lowest BCUT2D eigenvalue weighted by Gasteiger charge is -2.26. The quantitative estimate of drug-likeness (QED) is 0.261. The summed E-state index contributed by atoms with van der Waals surface area (Å²) in [4.78, 5) is 9.27. The highest BCUT2D eigenvalue weighted by molar-refractivity contribution is 7.90. The molecule has 3 heterocycles. The SMILES string of the molecule is C[C@](O)(c1ccnc(-c2cccc3c(-c4nc(N)ccc4Cl)c(CNS(=O)(=O)C4CC4)sc23)c1)C(F)(F)F. The van der Waals surface area contributed by atoms with Crippen molar-refractivity contribution >= 4 is 48.9 Å². The van der Waals surface area contributed by atoms with Gasteiger partial charge in [-0.25, -0.2) is 18.1 Å². The van der Waals surface area contributed by atoms with Crippen molar-refractivity contribution in [2.75, 3.05) is 5.73 Å². The average molecular weight is 583 g/mol. The first-order valence-corrected chi connectivity index (χ1v) is 14.2. The van der Waals surface area contributed by atoms with E-state index in [1.807, 2.05) is 0 Å². The van der Waals surface area contributed by atoms with Gasteiger partial charge in [0.15, 0.2) is 5.60 Å². The minimum absolute atomic E-state index is 0.0317. The first-order valence-electron chi connectivity index (χ1n) is 11.5. The average Bonchev–Trinajstić information content (AvgIpc) is 3.66. The van der Waals surface area contributed by atoms with E-state index in [0.717, 1.165) is 6.07 Å². The molecule has 0 bridgehead atoms. The highest BCUT2D eigenvalue weighted by Gasteiger charge is 2.51. The standard InChI is InChI=1S/C25H22ClF3N4O3S2/c1-24(34,25(27,28)29)13-9-10-31-18(11-13)15-3-2-4-16-21(22-17(26)7-8-20(30)33-22)19(37-23(15)16)12-32-38(35,36)14-5-6-14/h2-4,7-11,14,32,34H,5-6,12H2,1H3,(H2,30,33)/t24-/m0/s1. The Bertz CT molecular complexity index is 1650. The lowest BCUT2D eigenvalue weighted by atomic mass is 9.94. The van der Waals surface area contributed by atoms with E-state index in [9.17, 15) is 26.7 Å². The number of thiophene rings is 1. The molecule has 1 saturated carbocycles. The van der Waals surface area contributed by atoms with Gasteiger partial charge in [0.1, 0.15) is 5.82 Å². The van der Waals surface area contributed by atoms with Crippen LogP contribution in [-0.2, 0) is 22.2 Å². The number of nitrogen functional groups attached to an aromatic ring is 1. The zero-order valence-corrected chi connectivity index (χ0v) is 22.3. The minimum atomic E-state index is -4.89. The maximum Gasteiger partial charge on any atom is 0.421 e. The number of hydrogen-bond acceptors (Lipinski definition) is 7. The van der Waals surface area contributed by atoms with Gasteiger partial charge in [-0.3, -0.25) is 4.98 Å². The Labute approximate surface area is 225 Å². The van der Waals surface area contributed by atoms with Crippen molar-refractivity contribution in [3.05, 3.63) is 64.1 Å². The smallest absolute Gasteiger partial charge is 0.384 e. The van der Waals surface area contributed by atoms with E-state index < -0.39 is 27.1 Å². The van der Waals surface area contributed by atoms with Gasteiger partial charge < -0.3 is 10.8 Å². The summed E-state index contributed by atoms with van der Waals surface area (Å²) < 4.78 is 68.9. The lowest BCUT2D eigenvalue weighted by molar-refractivity contribution is -0.258. The number of anilines is 1. The molecule has 1 aliphatic rings. The summed E-state index contributed by atoms with van der Waals surface area (Å²) in [6, 6.07) is 10.7. The first-order chi connectivity index (χ1) is 17.8. The number of hydrogen-bond donors (Lipinski definition) is 3. The number of aromatic nitrogens is 2. The van der Waals surface area contributed by atoms with Crippen LogP contribution >= 0.6 is 22.9 Å². The van der Waals surface area contributed by atoms with Crippen molar-refractivity contribution in [3.8, 4) is 22.5 Å². The van der Waals surface area contributed by atoms with Crippen molar-refractivity contribution in [1.29, 1.82) is 0 Å². The van der Waals surface area contributed by atoms with Crippen LogP contribution in [0.15, 0.2) is 48.7 Å². The Morgan fingerprint density at radius 3 is 2.63 bits per heavy atom. The van der Waals surface area contributed by atoms with Crippen LogP contribution in [0.25, 0.3) is 32.6 Å². The Morgan fingerprint density at radius 1 is 1.21 bits per heavy atom. The zero-order chi connectivity index (χ0) is 27.5. The summed E-state index contributed by atoms with van der Waals surface area (Å²) in [7, 11) is -3.51. The van der Waals surface area contributed by atoms with Crippen LogP contribution in [-0.4, -0.2) is 34.9 Å². The van der Waals surface area contributed by atoms with Crippen molar-refractivity contribution < 1.29 is 26.7 Å². The number of sulfonamides is 1. The molecule has 0 amide bonds. The Hall–Kier alpha value is -2.77. The fourth-order valence-electron chi connectivity index (χ4n) is 4.09. The second-order valence-corrected chi connectivity index (χ2v) is 12.8. The van der Waals surface area contributed by atoms with Crippen molar-refractivity contribution in [1.82, 2.24) is 14.7 Å². The second-order valence-electron chi connectivity index (χ2n) is 9.21. The van der Waals surface area contributed by atoms with Crippen LogP contribution < -0.4 is 10.5 Å². The molecule has 1 aromatic carbocycles. The number of nitrogens with zero attached hydrogens (tertiary/aromatic N) is 2. The van der Waals surface area contributed by atoms with E-state index in [4.69, 9.17) is 17.3 Å². The van der Waals surface area contributed by atoms with Gasteiger partial charge in [0.05, 0.1) is 21.7 Å². The lowest BCUT2D eigenvalue weighted by Crippen LogP contribution is -2.39. The molecule has 3 aromatic heterocycles. The van der Waals surface area contributed by atoms with Gasteiger partial charge in [0, 0.05) is 38.8 Å². The van der Waals surface area contributed by atoms with Crippen molar-refractivity contribution in [2.24, 2.45) is 0 Å². The summed E-state index contributed by atoms with van der Waals surface area (Å²) in [5.74, 6) is 0.216. The van der Waals surface area contributed by atoms with Gasteiger partial charge in [0.25, 0.3) is 0 Å². The minimum Gasteiger partial charge on any atom is -0.384 e. The predicted molar refractivity (Wildman–Crippen MR) is 142 cm³/mol. The summed E-state index contributed by atoms with van der Waals surface area (Å²) >= 11 is 7.74. The second kappa shape index (κ2) is 9.45. The van der Waals surface area contributed by atoms with Gasteiger partial charge in [-0.2, -0.15) is 13.2 Å². The van der Waals surface area contributed by atoms with Gasteiger partial charge >= 0.3 is 6.18 Å². The molecule has 0 unspecified atom stereocenters. The maximum absolute atomic E-state index is 13.5. The number of halogens is 4. The predicted octanol–water partition coefficient (Wildman–Crippen LogP) is 5.61. The number of benzene rings is 1. The van der Waals surface area contributed by atoms with Crippen molar-refractivity contribution in [2.45, 2.75) is 43.3 Å². The van der Waals surface area contributed by atoms with E-state index in [0.29, 0.717) is 56.6 Å². The van der Waals surface area contributed by atoms with Gasteiger partial charge in [-0.15, -0.1) is 11.3 Å². The Balaban J connectivity index is 1.69. The molecule has 0 aliphatic heterocycles. The molecule has 0 radical (unpaired) electrons. The van der Waals surface area contributed by atoms with E-state index >= 15 is 0 Å². The number of alkyl halides is 3. The molecule has 0 spiro atoms. The summed E-state index contributed by atoms with van der Waals surface area (Å²) in [5.41, 5.74) is 4.13. The molecule has 13 heteroatoms. The zero-order valence-electron chi connectivity index (χ0n) is 19.9. The molecule has 5 rings (SSSR count). The van der Waals surface area contributed by atoms with Crippen LogP contribution in [0.1, 0.15) is 30.2 Å². The summed E-state index contributed by atoms with van der Waals surface area (Å²) in [5, 5.41) is 10.7. The van der Waals surface area contributed by atoms with E-state index in [1.54, 1.807) is 30.3 Å². The number of pyridine rings is 2. The Morgan fingerprint density at radius 2 is 1.95 bits per heavy atom. The Kier molecular flexibility index (Phi) is 6.67. The third-order valence-corrected chi connectivity index (χ3v) is 9.88. The van der Waals surface area contributed by atoms with E-state index in [-0.39, 0.29) is 23.6 Å². The largest absolute Gasteiger partial charge is 0.421 e. The molecule has 38 heavy (non-hydrogen) atoms. The number of rotatable bonds is 7. The highest BCUT2D eigenvalue weighted by atomic mass is 35.5. The third-order valence-electron chi connectivity index (χ3n) is 6.44. The number of aliphatic hydroxyl groups is 1. The molecule has 1 fully saturated rings. The first kappa shape index (κ1) is 26.8. The van der Waals surface area contributed by atoms with Crippen LogP contribution in [0.3, 0.4) is 0 Å². The van der Waals surface area contributed by atoms with Crippen molar-refractivity contribution in [3.63, 3.8) is 0 Å². The maximum atomic E-state index is 13.5. The van der Waals surface area contributed by atoms with Crippen LogP contribution in [0, 0.1) is 0 Å². The highest BCUT2D eigenvalue weighted by Crippen LogP contribution is 2.45. The molecule has 200 valence electrons. The molecular formula is C25H22ClF3N4O3S2. The van der Waals surface area contributed by atoms with Gasteiger partial charge in [-0.05, 0) is 49.6 Å². The fourth-order valence-corrected chi connectivity index (χ4v) is 6.98. The van der Waals surface area contributed by atoms with E-state index in [2.05, 4.69) is 14.7 Å². The molecule has 1 atom stereocenters. The van der Waals surface area contributed by atoms with Gasteiger partial charge in [-0.1, -0.05) is 29.8 Å². The third kappa shape index (κ3) is 4.87. The van der Waals surface area contributed by atoms with Crippen LogP contribution in [0.4, 0.5) is 19.0 Å². The number of fused-ring (bicyclic) bond motifs is 1. The summed E-state index contributed by atoms with van der Waals surface area (Å²) in [6.45, 7) is 0.656. The molecule has 4 aromatic rings. The number of nitrogens with one attached hydrogen (secondary N) is 1. The fraction of sp³-hybridized carbons (Fsp3) is 0.280.